The number of piperidine rings is 1. The fraction of sp³-hybridized carbons (Fsp3) is 0.611. The molecule has 6 heteroatoms. The van der Waals surface area contributed by atoms with Crippen LogP contribution < -0.4 is 5.56 Å². The number of carbonyl (C=O) groups excluding carboxylic acids is 1. The first-order valence-corrected chi connectivity index (χ1v) is 8.69. The SMILES string of the molecule is Cc1oc2ncn(CC(C)C)c(=O)c2c1C(=O)N1CCCC[C@@H]1C. The number of rotatable bonds is 3. The molecule has 1 aliphatic heterocycles. The Kier molecular flexibility index (Phi) is 4.47. The average molecular weight is 331 g/mol. The van der Waals surface area contributed by atoms with Crippen LogP contribution in [0.3, 0.4) is 0 Å². The van der Waals surface area contributed by atoms with Gasteiger partial charge in [-0.25, -0.2) is 4.98 Å². The molecule has 0 aliphatic carbocycles. The van der Waals surface area contributed by atoms with E-state index in [9.17, 15) is 9.59 Å². The van der Waals surface area contributed by atoms with Gasteiger partial charge in [0.2, 0.25) is 5.71 Å². The number of likely N-dealkylation sites (tertiary alicyclic amines) is 1. The zero-order valence-corrected chi connectivity index (χ0v) is 14.8. The van der Waals surface area contributed by atoms with Crippen LogP contribution in [0.1, 0.15) is 56.2 Å². The number of fused-ring (bicyclic) bond motifs is 1. The van der Waals surface area contributed by atoms with E-state index in [4.69, 9.17) is 4.42 Å². The topological polar surface area (TPSA) is 68.3 Å². The molecule has 0 N–H and O–H groups in total. The highest BCUT2D eigenvalue weighted by atomic mass is 16.3. The molecule has 1 amide bonds. The number of furan rings is 1. The second kappa shape index (κ2) is 6.42. The van der Waals surface area contributed by atoms with Crippen LogP contribution in [0.5, 0.6) is 0 Å². The average Bonchev–Trinajstić information content (AvgIpc) is 2.86. The van der Waals surface area contributed by atoms with Gasteiger partial charge in [-0.05, 0) is 39.0 Å². The number of aromatic nitrogens is 2. The largest absolute Gasteiger partial charge is 0.442 e. The summed E-state index contributed by atoms with van der Waals surface area (Å²) in [6.07, 6.45) is 4.64. The van der Waals surface area contributed by atoms with Gasteiger partial charge in [0.25, 0.3) is 11.5 Å². The third-order valence-electron chi connectivity index (χ3n) is 4.69. The first-order chi connectivity index (χ1) is 11.4. The van der Waals surface area contributed by atoms with Gasteiger partial charge in [0.1, 0.15) is 17.5 Å². The van der Waals surface area contributed by atoms with Crippen molar-refractivity contribution >= 4 is 17.0 Å². The lowest BCUT2D eigenvalue weighted by molar-refractivity contribution is 0.0635. The van der Waals surface area contributed by atoms with Crippen molar-refractivity contribution in [2.75, 3.05) is 6.54 Å². The molecule has 0 spiro atoms. The maximum atomic E-state index is 13.1. The van der Waals surface area contributed by atoms with Gasteiger partial charge in [0.15, 0.2) is 0 Å². The van der Waals surface area contributed by atoms with Gasteiger partial charge < -0.3 is 9.32 Å². The lowest BCUT2D eigenvalue weighted by atomic mass is 10.0. The maximum Gasteiger partial charge on any atom is 0.265 e. The van der Waals surface area contributed by atoms with E-state index in [0.29, 0.717) is 29.2 Å². The smallest absolute Gasteiger partial charge is 0.265 e. The summed E-state index contributed by atoms with van der Waals surface area (Å²) in [7, 11) is 0. The molecule has 0 saturated carbocycles. The van der Waals surface area contributed by atoms with Crippen molar-refractivity contribution in [1.29, 1.82) is 0 Å². The second-order valence-corrected chi connectivity index (χ2v) is 7.15. The standard InChI is InChI=1S/C18H25N3O3/c1-11(2)9-20-10-19-16-15(17(20)22)14(13(4)24-16)18(23)21-8-6-5-7-12(21)3/h10-12H,5-9H2,1-4H3/t12-/m0/s1. The van der Waals surface area contributed by atoms with Crippen LogP contribution in [-0.4, -0.2) is 32.9 Å². The minimum atomic E-state index is -0.196. The van der Waals surface area contributed by atoms with Gasteiger partial charge in [-0.2, -0.15) is 0 Å². The van der Waals surface area contributed by atoms with Crippen LogP contribution in [0.4, 0.5) is 0 Å². The molecule has 0 aromatic carbocycles. The highest BCUT2D eigenvalue weighted by molar-refractivity contribution is 6.06. The summed E-state index contributed by atoms with van der Waals surface area (Å²) in [5, 5.41) is 0.318. The lowest BCUT2D eigenvalue weighted by Crippen LogP contribution is -2.42. The van der Waals surface area contributed by atoms with Crippen LogP contribution >= 0.6 is 0 Å². The summed E-state index contributed by atoms with van der Waals surface area (Å²) >= 11 is 0. The Balaban J connectivity index is 2.11. The zero-order chi connectivity index (χ0) is 17.4. The molecule has 1 fully saturated rings. The van der Waals surface area contributed by atoms with Crippen molar-refractivity contribution in [3.63, 3.8) is 0 Å². The van der Waals surface area contributed by atoms with E-state index < -0.39 is 0 Å². The normalized spacial score (nSPS) is 18.5. The summed E-state index contributed by atoms with van der Waals surface area (Å²) < 4.78 is 7.18. The molecule has 1 saturated heterocycles. The van der Waals surface area contributed by atoms with Crippen molar-refractivity contribution < 1.29 is 9.21 Å². The van der Waals surface area contributed by atoms with Gasteiger partial charge in [0.05, 0.1) is 5.56 Å². The molecule has 0 bridgehead atoms. The van der Waals surface area contributed by atoms with Gasteiger partial charge in [0, 0.05) is 19.1 Å². The fourth-order valence-electron chi connectivity index (χ4n) is 3.46. The molecule has 0 radical (unpaired) electrons. The van der Waals surface area contributed by atoms with E-state index in [-0.39, 0.29) is 23.2 Å². The van der Waals surface area contributed by atoms with Crippen molar-refractivity contribution in [3.05, 3.63) is 28.0 Å². The highest BCUT2D eigenvalue weighted by Crippen LogP contribution is 2.26. The minimum absolute atomic E-state index is 0.111. The maximum absolute atomic E-state index is 13.1. The number of hydrogen-bond donors (Lipinski definition) is 0. The Morgan fingerprint density at radius 3 is 2.83 bits per heavy atom. The van der Waals surface area contributed by atoms with Gasteiger partial charge in [-0.15, -0.1) is 0 Å². The lowest BCUT2D eigenvalue weighted by Gasteiger charge is -2.33. The van der Waals surface area contributed by atoms with Crippen LogP contribution in [0, 0.1) is 12.8 Å². The predicted octanol–water partition coefficient (Wildman–Crippen LogP) is 2.97. The number of hydrogen-bond acceptors (Lipinski definition) is 4. The Morgan fingerprint density at radius 1 is 1.42 bits per heavy atom. The van der Waals surface area contributed by atoms with Crippen molar-refractivity contribution in [2.45, 2.75) is 59.5 Å². The molecule has 2 aromatic heterocycles. The zero-order valence-electron chi connectivity index (χ0n) is 14.8. The molecule has 2 aromatic rings. The van der Waals surface area contributed by atoms with Crippen LogP contribution in [0.2, 0.25) is 0 Å². The molecule has 0 unspecified atom stereocenters. The van der Waals surface area contributed by atoms with Crippen LogP contribution in [-0.2, 0) is 6.54 Å². The quantitative estimate of drug-likeness (QED) is 0.867. The van der Waals surface area contributed by atoms with E-state index >= 15 is 0 Å². The van der Waals surface area contributed by atoms with Crippen molar-refractivity contribution in [2.24, 2.45) is 5.92 Å². The second-order valence-electron chi connectivity index (χ2n) is 7.15. The molecule has 24 heavy (non-hydrogen) atoms. The van der Waals surface area contributed by atoms with Gasteiger partial charge >= 0.3 is 0 Å². The summed E-state index contributed by atoms with van der Waals surface area (Å²) in [5.41, 5.74) is 0.443. The van der Waals surface area contributed by atoms with Gasteiger partial charge in [-0.3, -0.25) is 14.2 Å². The highest BCUT2D eigenvalue weighted by Gasteiger charge is 2.30. The molecule has 3 heterocycles. The summed E-state index contributed by atoms with van der Waals surface area (Å²) in [4.78, 5) is 32.1. The van der Waals surface area contributed by atoms with Gasteiger partial charge in [-0.1, -0.05) is 13.8 Å². The number of carbonyl (C=O) groups is 1. The summed E-state index contributed by atoms with van der Waals surface area (Å²) in [6, 6.07) is 0.185. The third kappa shape index (κ3) is 2.85. The van der Waals surface area contributed by atoms with E-state index in [1.807, 2.05) is 18.7 Å². The molecule has 1 atom stereocenters. The molecular weight excluding hydrogens is 306 g/mol. The summed E-state index contributed by atoms with van der Waals surface area (Å²) in [6.45, 7) is 9.17. The Morgan fingerprint density at radius 2 is 2.17 bits per heavy atom. The minimum Gasteiger partial charge on any atom is -0.442 e. The van der Waals surface area contributed by atoms with E-state index in [0.717, 1.165) is 25.8 Å². The van der Waals surface area contributed by atoms with Crippen molar-refractivity contribution in [1.82, 2.24) is 14.5 Å². The Hall–Kier alpha value is -2.11. The number of aryl methyl sites for hydroxylation is 1. The Bertz CT molecular complexity index is 819. The number of nitrogens with zero attached hydrogens (tertiary/aromatic N) is 3. The first-order valence-electron chi connectivity index (χ1n) is 8.69. The predicted molar refractivity (Wildman–Crippen MR) is 92.2 cm³/mol. The fourth-order valence-corrected chi connectivity index (χ4v) is 3.46. The van der Waals surface area contributed by atoms with Crippen LogP contribution in [0.15, 0.2) is 15.5 Å². The number of amides is 1. The third-order valence-corrected chi connectivity index (χ3v) is 4.69. The molecule has 6 nitrogen and oxygen atoms in total. The molecule has 130 valence electrons. The monoisotopic (exact) mass is 331 g/mol. The van der Waals surface area contributed by atoms with E-state index in [2.05, 4.69) is 11.9 Å². The van der Waals surface area contributed by atoms with Crippen molar-refractivity contribution in [3.8, 4) is 0 Å². The molecule has 1 aliphatic rings. The van der Waals surface area contributed by atoms with Crippen LogP contribution in [0.25, 0.3) is 11.1 Å². The molecular formula is C18H25N3O3. The van der Waals surface area contributed by atoms with E-state index in [1.54, 1.807) is 11.5 Å². The molecule has 3 rings (SSSR count). The Labute approximate surface area is 141 Å². The van der Waals surface area contributed by atoms with E-state index in [1.165, 1.54) is 6.33 Å². The first kappa shape index (κ1) is 16.7. The summed E-state index contributed by atoms with van der Waals surface area (Å²) in [5.74, 6) is 0.676.